The number of methoxy groups -OCH3 is 3. The number of allylic oxidation sites excluding steroid dienone is 1. The fraction of sp³-hybridized carbons (Fsp3) is 0.286. The van der Waals surface area contributed by atoms with Gasteiger partial charge >= 0.3 is 0 Å². The van der Waals surface area contributed by atoms with Crippen LogP contribution in [0.3, 0.4) is 0 Å². The minimum Gasteiger partial charge on any atom is -0.504 e. The highest BCUT2D eigenvalue weighted by molar-refractivity contribution is 5.75. The first kappa shape index (κ1) is 22.1. The molecule has 2 aromatic carbocycles. The molecular formula is C21H24O8. The van der Waals surface area contributed by atoms with Crippen molar-refractivity contribution in [2.75, 3.05) is 27.9 Å². The van der Waals surface area contributed by atoms with Gasteiger partial charge in [0, 0.05) is 0 Å². The van der Waals surface area contributed by atoms with Gasteiger partial charge in [0.15, 0.2) is 29.1 Å². The molecule has 0 aliphatic rings. The van der Waals surface area contributed by atoms with Crippen LogP contribution >= 0.6 is 0 Å². The number of phenols is 1. The normalized spacial score (nSPS) is 13.0. The zero-order chi connectivity index (χ0) is 21.4. The van der Waals surface area contributed by atoms with E-state index in [1.54, 1.807) is 18.2 Å². The zero-order valence-corrected chi connectivity index (χ0v) is 16.4. The second kappa shape index (κ2) is 10.4. The van der Waals surface area contributed by atoms with Gasteiger partial charge in [-0.25, -0.2) is 0 Å². The van der Waals surface area contributed by atoms with Crippen molar-refractivity contribution in [3.8, 4) is 28.7 Å². The van der Waals surface area contributed by atoms with Gasteiger partial charge < -0.3 is 34.3 Å². The van der Waals surface area contributed by atoms with Crippen LogP contribution in [0.2, 0.25) is 0 Å². The predicted molar refractivity (Wildman–Crippen MR) is 106 cm³/mol. The lowest BCUT2D eigenvalue weighted by Gasteiger charge is -2.25. The number of aliphatic hydroxyl groups excluding tert-OH is 2. The molecule has 156 valence electrons. The van der Waals surface area contributed by atoms with Crippen molar-refractivity contribution < 1.29 is 39.1 Å². The van der Waals surface area contributed by atoms with E-state index in [1.165, 1.54) is 45.6 Å². The van der Waals surface area contributed by atoms with E-state index in [4.69, 9.17) is 18.9 Å². The van der Waals surface area contributed by atoms with Gasteiger partial charge in [0.1, 0.15) is 12.4 Å². The Kier molecular flexibility index (Phi) is 7.88. The number of benzene rings is 2. The molecule has 8 nitrogen and oxygen atoms in total. The molecule has 0 spiro atoms. The summed E-state index contributed by atoms with van der Waals surface area (Å²) in [5, 5.41) is 30.2. The maximum atomic E-state index is 10.7. The number of hydrogen-bond acceptors (Lipinski definition) is 8. The number of rotatable bonds is 10. The van der Waals surface area contributed by atoms with Crippen molar-refractivity contribution in [1.29, 1.82) is 0 Å². The third-order valence-corrected chi connectivity index (χ3v) is 4.20. The number of ether oxygens (including phenoxy) is 4. The van der Waals surface area contributed by atoms with E-state index in [0.29, 0.717) is 28.9 Å². The summed E-state index contributed by atoms with van der Waals surface area (Å²) >= 11 is 0. The van der Waals surface area contributed by atoms with E-state index in [1.807, 2.05) is 0 Å². The number of carbonyl (C=O) groups excluding carboxylic acids is 1. The van der Waals surface area contributed by atoms with E-state index in [2.05, 4.69) is 0 Å². The largest absolute Gasteiger partial charge is 0.504 e. The maximum absolute atomic E-state index is 10.7. The maximum Gasteiger partial charge on any atom is 0.204 e. The summed E-state index contributed by atoms with van der Waals surface area (Å²) in [6, 6.07) is 7.58. The number of carbonyl (C=O) groups is 1. The smallest absolute Gasteiger partial charge is 0.204 e. The summed E-state index contributed by atoms with van der Waals surface area (Å²) in [7, 11) is 4.26. The topological polar surface area (TPSA) is 115 Å². The number of aromatic hydroxyl groups is 1. The lowest BCUT2D eigenvalue weighted by atomic mass is 10.0. The Hall–Kier alpha value is -3.23. The van der Waals surface area contributed by atoms with Gasteiger partial charge in [-0.15, -0.1) is 0 Å². The summed E-state index contributed by atoms with van der Waals surface area (Å²) in [5.41, 5.74) is 1.02. The number of aldehydes is 1. The minimum absolute atomic E-state index is 0.0766. The van der Waals surface area contributed by atoms with Crippen molar-refractivity contribution in [3.05, 3.63) is 47.5 Å². The van der Waals surface area contributed by atoms with Crippen molar-refractivity contribution in [3.63, 3.8) is 0 Å². The lowest BCUT2D eigenvalue weighted by molar-refractivity contribution is -0.104. The summed E-state index contributed by atoms with van der Waals surface area (Å²) in [4.78, 5) is 10.6. The monoisotopic (exact) mass is 404 g/mol. The molecule has 2 atom stereocenters. The Bertz CT molecular complexity index is 837. The highest BCUT2D eigenvalue weighted by atomic mass is 16.6. The van der Waals surface area contributed by atoms with Crippen LogP contribution in [-0.4, -0.2) is 55.6 Å². The average molecular weight is 404 g/mol. The van der Waals surface area contributed by atoms with Crippen LogP contribution in [0.15, 0.2) is 36.4 Å². The molecule has 3 N–H and O–H groups in total. The van der Waals surface area contributed by atoms with E-state index in [9.17, 15) is 20.1 Å². The molecule has 0 aliphatic heterocycles. The summed E-state index contributed by atoms with van der Waals surface area (Å²) < 4.78 is 21.6. The van der Waals surface area contributed by atoms with E-state index in [-0.39, 0.29) is 17.2 Å². The molecule has 2 unspecified atom stereocenters. The van der Waals surface area contributed by atoms with Crippen molar-refractivity contribution in [2.45, 2.75) is 12.2 Å². The van der Waals surface area contributed by atoms with Gasteiger partial charge in [-0.1, -0.05) is 12.1 Å². The molecule has 0 amide bonds. The number of phenolic OH excluding ortho intramolecular Hbond substituents is 1. The molecule has 0 aliphatic carbocycles. The van der Waals surface area contributed by atoms with Crippen molar-refractivity contribution in [1.82, 2.24) is 0 Å². The van der Waals surface area contributed by atoms with Crippen LogP contribution in [0.25, 0.3) is 6.08 Å². The lowest BCUT2D eigenvalue weighted by Crippen LogP contribution is -2.29. The molecule has 2 aromatic rings. The molecule has 0 bridgehead atoms. The average Bonchev–Trinajstić information content (AvgIpc) is 2.75. The molecule has 0 saturated carbocycles. The molecule has 0 heterocycles. The van der Waals surface area contributed by atoms with Crippen LogP contribution in [0, 0.1) is 0 Å². The molecule has 2 rings (SSSR count). The Morgan fingerprint density at radius 1 is 1.00 bits per heavy atom. The molecule has 29 heavy (non-hydrogen) atoms. The summed E-state index contributed by atoms with van der Waals surface area (Å²) in [5.74, 6) is 0.877. The van der Waals surface area contributed by atoms with Crippen LogP contribution in [0.5, 0.6) is 28.7 Å². The Morgan fingerprint density at radius 2 is 1.62 bits per heavy atom. The first-order valence-corrected chi connectivity index (χ1v) is 8.69. The quantitative estimate of drug-likeness (QED) is 0.407. The second-order valence-corrected chi connectivity index (χ2v) is 5.96. The first-order chi connectivity index (χ1) is 14.0. The third-order valence-electron chi connectivity index (χ3n) is 4.20. The fourth-order valence-corrected chi connectivity index (χ4v) is 2.71. The van der Waals surface area contributed by atoms with Crippen molar-refractivity contribution >= 4 is 12.4 Å². The summed E-state index contributed by atoms with van der Waals surface area (Å²) in [6.07, 6.45) is 1.24. The number of aliphatic hydroxyl groups is 2. The predicted octanol–water partition coefficient (Wildman–Crippen LogP) is 2.10. The Balaban J connectivity index is 2.38. The first-order valence-electron chi connectivity index (χ1n) is 8.69. The molecule has 0 fully saturated rings. The van der Waals surface area contributed by atoms with Crippen LogP contribution in [0.4, 0.5) is 0 Å². The zero-order valence-electron chi connectivity index (χ0n) is 16.4. The molecule has 0 saturated heterocycles. The van der Waals surface area contributed by atoms with Crippen LogP contribution < -0.4 is 18.9 Å². The van der Waals surface area contributed by atoms with Gasteiger partial charge in [0.2, 0.25) is 5.75 Å². The van der Waals surface area contributed by atoms with E-state index in [0.717, 1.165) is 0 Å². The van der Waals surface area contributed by atoms with Crippen LogP contribution in [-0.2, 0) is 4.79 Å². The molecule has 8 heteroatoms. The molecule has 0 aromatic heterocycles. The van der Waals surface area contributed by atoms with Crippen LogP contribution in [0.1, 0.15) is 17.2 Å². The number of hydrogen-bond donors (Lipinski definition) is 3. The highest BCUT2D eigenvalue weighted by Crippen LogP contribution is 2.41. The van der Waals surface area contributed by atoms with E-state index >= 15 is 0 Å². The third kappa shape index (κ3) is 5.18. The Labute approximate surface area is 168 Å². The fourth-order valence-electron chi connectivity index (χ4n) is 2.71. The van der Waals surface area contributed by atoms with Crippen molar-refractivity contribution in [2.24, 2.45) is 0 Å². The van der Waals surface area contributed by atoms with Gasteiger partial charge in [0.05, 0.1) is 27.9 Å². The summed E-state index contributed by atoms with van der Waals surface area (Å²) in [6.45, 7) is -0.510. The molecular weight excluding hydrogens is 380 g/mol. The molecule has 0 radical (unpaired) electrons. The van der Waals surface area contributed by atoms with Gasteiger partial charge in [-0.05, 0) is 41.5 Å². The van der Waals surface area contributed by atoms with Gasteiger partial charge in [-0.3, -0.25) is 4.79 Å². The van der Waals surface area contributed by atoms with E-state index < -0.39 is 18.8 Å². The highest BCUT2D eigenvalue weighted by Gasteiger charge is 2.26. The minimum atomic E-state index is -1.24. The van der Waals surface area contributed by atoms with Gasteiger partial charge in [-0.2, -0.15) is 0 Å². The standard InChI is InChI=1S/C21H24O8/c1-26-16-11-14(6-7-15(16)24)20(25)19(12-23)29-21-17(27-2)9-13(5-4-8-22)10-18(21)28-3/h4-11,19-20,23-25H,12H2,1-3H3/b5-4+. The Morgan fingerprint density at radius 3 is 2.14 bits per heavy atom. The second-order valence-electron chi connectivity index (χ2n) is 5.96. The van der Waals surface area contributed by atoms with Gasteiger partial charge in [0.25, 0.3) is 0 Å². The SMILES string of the molecule is COc1cc(C(O)C(CO)Oc2c(OC)cc(/C=C/C=O)cc2OC)ccc1O.